The molecule has 1 aliphatic heterocycles. The summed E-state index contributed by atoms with van der Waals surface area (Å²) in [5.74, 6) is -0.777. The summed E-state index contributed by atoms with van der Waals surface area (Å²) in [5.41, 5.74) is 1.97. The number of aromatic amines is 1. The van der Waals surface area contributed by atoms with E-state index >= 15 is 0 Å². The smallest absolute Gasteiger partial charge is 0.291 e. The maximum Gasteiger partial charge on any atom is 0.291 e. The van der Waals surface area contributed by atoms with Crippen molar-refractivity contribution in [2.24, 2.45) is 0 Å². The molecule has 1 fully saturated rings. The van der Waals surface area contributed by atoms with Crippen LogP contribution in [-0.4, -0.2) is 67.0 Å². The van der Waals surface area contributed by atoms with E-state index in [1.807, 2.05) is 40.7 Å². The van der Waals surface area contributed by atoms with E-state index in [2.05, 4.69) is 15.2 Å². The molecule has 0 saturated carbocycles. The van der Waals surface area contributed by atoms with E-state index < -0.39 is 11.4 Å². The second-order valence-electron chi connectivity index (χ2n) is 11.1. The fourth-order valence-electron chi connectivity index (χ4n) is 4.78. The Labute approximate surface area is 224 Å². The number of nitrogens with zero attached hydrogens (tertiary/aromatic N) is 5. The third-order valence-electron chi connectivity index (χ3n) is 6.77. The Balaban J connectivity index is 1.48. The standard InChI is InChI=1S/C27H28ClFN6O3/c1-26(2,3)16-11-19(15-6-7-17(28)18(29)10-15)32-20-12-21(38-22(16)20)24(36)35-9-8-34(13-27(35,4)5)25(37)23-30-14-31-33-23/h6-7,10-12,14H,8-9,13H2,1-5H3,(H,30,31,33). The Kier molecular flexibility index (Phi) is 6.25. The molecule has 1 aliphatic rings. The van der Waals surface area contributed by atoms with Crippen molar-refractivity contribution in [3.63, 3.8) is 0 Å². The van der Waals surface area contributed by atoms with Crippen molar-refractivity contribution in [1.82, 2.24) is 30.0 Å². The molecule has 0 atom stereocenters. The zero-order valence-corrected chi connectivity index (χ0v) is 22.6. The van der Waals surface area contributed by atoms with Gasteiger partial charge < -0.3 is 14.2 Å². The molecule has 38 heavy (non-hydrogen) atoms. The van der Waals surface area contributed by atoms with Gasteiger partial charge in [0.05, 0.1) is 16.3 Å². The van der Waals surface area contributed by atoms with Crippen LogP contribution < -0.4 is 0 Å². The molecule has 0 unspecified atom stereocenters. The summed E-state index contributed by atoms with van der Waals surface area (Å²) in [6.07, 6.45) is 1.29. The van der Waals surface area contributed by atoms with E-state index in [1.54, 1.807) is 21.9 Å². The molecule has 4 heterocycles. The van der Waals surface area contributed by atoms with Crippen LogP contribution in [-0.2, 0) is 5.41 Å². The number of rotatable bonds is 3. The van der Waals surface area contributed by atoms with E-state index in [9.17, 15) is 14.0 Å². The number of pyridine rings is 1. The molecule has 0 radical (unpaired) electrons. The van der Waals surface area contributed by atoms with Crippen molar-refractivity contribution in [2.75, 3.05) is 19.6 Å². The number of amides is 2. The molecule has 3 aromatic heterocycles. The van der Waals surface area contributed by atoms with Crippen LogP contribution >= 0.6 is 11.6 Å². The number of furan rings is 1. The summed E-state index contributed by atoms with van der Waals surface area (Å²) < 4.78 is 20.3. The van der Waals surface area contributed by atoms with Gasteiger partial charge >= 0.3 is 0 Å². The lowest BCUT2D eigenvalue weighted by Gasteiger charge is -2.46. The Morgan fingerprint density at radius 2 is 1.89 bits per heavy atom. The first-order valence-electron chi connectivity index (χ1n) is 12.2. The van der Waals surface area contributed by atoms with Gasteiger partial charge in [0, 0.05) is 36.8 Å². The molecule has 2 amide bonds. The van der Waals surface area contributed by atoms with Crippen LogP contribution in [0.4, 0.5) is 4.39 Å². The zero-order valence-electron chi connectivity index (χ0n) is 21.8. The van der Waals surface area contributed by atoms with Crippen LogP contribution in [0.1, 0.15) is 61.4 Å². The van der Waals surface area contributed by atoms with Gasteiger partial charge in [-0.2, -0.15) is 5.10 Å². The first-order valence-corrected chi connectivity index (χ1v) is 12.6. The summed E-state index contributed by atoms with van der Waals surface area (Å²) in [4.78, 5) is 38.5. The molecule has 1 saturated heterocycles. The maximum absolute atomic E-state index is 14.2. The third-order valence-corrected chi connectivity index (χ3v) is 7.07. The molecule has 9 nitrogen and oxygen atoms in total. The number of hydrogen-bond acceptors (Lipinski definition) is 6. The minimum atomic E-state index is -0.670. The molecule has 0 bridgehead atoms. The molecule has 1 N–H and O–H groups in total. The number of halogens is 2. The van der Waals surface area contributed by atoms with Gasteiger partial charge in [-0.1, -0.05) is 38.4 Å². The first kappa shape index (κ1) is 25.8. The van der Waals surface area contributed by atoms with Gasteiger partial charge in [-0.05, 0) is 37.5 Å². The largest absolute Gasteiger partial charge is 0.449 e. The lowest BCUT2D eigenvalue weighted by molar-refractivity contribution is 0.0146. The Morgan fingerprint density at radius 3 is 2.53 bits per heavy atom. The summed E-state index contributed by atoms with van der Waals surface area (Å²) in [7, 11) is 0. The Morgan fingerprint density at radius 1 is 1.13 bits per heavy atom. The van der Waals surface area contributed by atoms with E-state index in [-0.39, 0.29) is 33.8 Å². The molecule has 5 rings (SSSR count). The lowest BCUT2D eigenvalue weighted by Crippen LogP contribution is -2.62. The van der Waals surface area contributed by atoms with Crippen molar-refractivity contribution in [1.29, 1.82) is 0 Å². The summed E-state index contributed by atoms with van der Waals surface area (Å²) in [6, 6.07) is 8.04. The van der Waals surface area contributed by atoms with Crippen molar-refractivity contribution in [3.8, 4) is 11.3 Å². The topological polar surface area (TPSA) is 108 Å². The number of piperazine rings is 1. The summed E-state index contributed by atoms with van der Waals surface area (Å²) in [6.45, 7) is 10.9. The van der Waals surface area contributed by atoms with E-state index in [1.165, 1.54) is 18.5 Å². The molecule has 11 heteroatoms. The number of benzene rings is 1. The molecule has 198 valence electrons. The van der Waals surface area contributed by atoms with E-state index in [0.717, 1.165) is 5.56 Å². The van der Waals surface area contributed by atoms with Crippen LogP contribution in [0, 0.1) is 5.82 Å². The van der Waals surface area contributed by atoms with Crippen LogP contribution in [0.25, 0.3) is 22.4 Å². The number of hydrogen-bond donors (Lipinski definition) is 1. The predicted octanol–water partition coefficient (Wildman–Crippen LogP) is 5.08. The fourth-order valence-corrected chi connectivity index (χ4v) is 4.90. The fraction of sp³-hybridized carbons (Fsp3) is 0.370. The van der Waals surface area contributed by atoms with E-state index in [4.69, 9.17) is 21.0 Å². The number of aromatic nitrogens is 4. The highest BCUT2D eigenvalue weighted by atomic mass is 35.5. The van der Waals surface area contributed by atoms with Gasteiger partial charge in [0.25, 0.3) is 11.8 Å². The monoisotopic (exact) mass is 538 g/mol. The minimum Gasteiger partial charge on any atom is -0.449 e. The third kappa shape index (κ3) is 4.64. The number of carbonyl (C=O) groups excluding carboxylic acids is 2. The molecular formula is C27H28ClFN6O3. The maximum atomic E-state index is 14.2. The molecule has 4 aromatic rings. The van der Waals surface area contributed by atoms with E-state index in [0.29, 0.717) is 42.0 Å². The molecule has 0 spiro atoms. The highest BCUT2D eigenvalue weighted by molar-refractivity contribution is 6.30. The average molecular weight is 539 g/mol. The molecule has 1 aromatic carbocycles. The molecule has 0 aliphatic carbocycles. The predicted molar refractivity (Wildman–Crippen MR) is 141 cm³/mol. The van der Waals surface area contributed by atoms with Crippen molar-refractivity contribution >= 4 is 34.5 Å². The van der Waals surface area contributed by atoms with Crippen LogP contribution in [0.2, 0.25) is 5.02 Å². The van der Waals surface area contributed by atoms with Crippen LogP contribution in [0.5, 0.6) is 0 Å². The van der Waals surface area contributed by atoms with Crippen LogP contribution in [0.3, 0.4) is 0 Å². The van der Waals surface area contributed by atoms with Crippen molar-refractivity contribution < 1.29 is 18.4 Å². The van der Waals surface area contributed by atoms with Gasteiger partial charge in [-0.3, -0.25) is 14.7 Å². The molecular weight excluding hydrogens is 511 g/mol. The number of nitrogens with one attached hydrogen (secondary N) is 1. The zero-order chi connectivity index (χ0) is 27.4. The second kappa shape index (κ2) is 9.20. The highest BCUT2D eigenvalue weighted by Crippen LogP contribution is 2.36. The van der Waals surface area contributed by atoms with Gasteiger partial charge in [0.15, 0.2) is 11.3 Å². The number of carbonyl (C=O) groups is 2. The second-order valence-corrected chi connectivity index (χ2v) is 11.5. The average Bonchev–Trinajstić information content (AvgIpc) is 3.53. The number of H-pyrrole nitrogens is 1. The summed E-state index contributed by atoms with van der Waals surface area (Å²) in [5, 5.41) is 6.37. The van der Waals surface area contributed by atoms with Gasteiger partial charge in [-0.15, -0.1) is 0 Å². The van der Waals surface area contributed by atoms with Crippen LogP contribution in [0.15, 0.2) is 41.1 Å². The summed E-state index contributed by atoms with van der Waals surface area (Å²) >= 11 is 5.87. The highest BCUT2D eigenvalue weighted by Gasteiger charge is 2.40. The Hall–Kier alpha value is -3.79. The van der Waals surface area contributed by atoms with Gasteiger partial charge in [0.1, 0.15) is 17.7 Å². The van der Waals surface area contributed by atoms with Gasteiger partial charge in [-0.25, -0.2) is 14.4 Å². The minimum absolute atomic E-state index is 0.0345. The Bertz CT molecular complexity index is 1540. The SMILES string of the molecule is CC(C)(C)c1cc(-c2ccc(Cl)c(F)c2)nc2cc(C(=O)N3CCN(C(=O)c4ncn[nH]4)CC3(C)C)oc12. The van der Waals surface area contributed by atoms with Crippen molar-refractivity contribution in [2.45, 2.75) is 45.6 Å². The van der Waals surface area contributed by atoms with Gasteiger partial charge in [0.2, 0.25) is 5.82 Å². The first-order chi connectivity index (χ1) is 17.8. The normalized spacial score (nSPS) is 15.8. The quantitative estimate of drug-likeness (QED) is 0.390. The lowest BCUT2D eigenvalue weighted by atomic mass is 9.86. The van der Waals surface area contributed by atoms with Crippen molar-refractivity contribution in [3.05, 3.63) is 64.6 Å². The number of fused-ring (bicyclic) bond motifs is 1.